The van der Waals surface area contributed by atoms with Crippen molar-refractivity contribution in [3.05, 3.63) is 86.6 Å². The highest BCUT2D eigenvalue weighted by atomic mass is 35.5. The molecule has 0 aliphatic carbocycles. The Bertz CT molecular complexity index is 1200. The predicted octanol–water partition coefficient (Wildman–Crippen LogP) is 2.63. The third-order valence-electron chi connectivity index (χ3n) is 5.56. The highest BCUT2D eigenvalue weighted by Crippen LogP contribution is 2.17. The highest BCUT2D eigenvalue weighted by Gasteiger charge is 2.20. The Hall–Kier alpha value is -3.07. The molecule has 33 heavy (non-hydrogen) atoms. The van der Waals surface area contributed by atoms with E-state index in [1.807, 2.05) is 19.1 Å². The number of pyridine rings is 1. The second kappa shape index (κ2) is 10.2. The van der Waals surface area contributed by atoms with Gasteiger partial charge in [-0.05, 0) is 36.6 Å². The number of benzene rings is 1. The Balaban J connectivity index is 1.37. The number of aliphatic hydroxyl groups is 1. The number of Topliss-reactive ketones (excluding diaryl/α,β-unsaturated/α-hetero) is 1. The predicted molar refractivity (Wildman–Crippen MR) is 123 cm³/mol. The molecule has 1 aliphatic heterocycles. The van der Waals surface area contributed by atoms with Crippen LogP contribution in [0.3, 0.4) is 0 Å². The summed E-state index contributed by atoms with van der Waals surface area (Å²) in [6.07, 6.45) is 3.46. The maximum absolute atomic E-state index is 12.8. The molecule has 0 unspecified atom stereocenters. The minimum atomic E-state index is -0.424. The summed E-state index contributed by atoms with van der Waals surface area (Å²) in [5.41, 5.74) is 2.74. The molecule has 0 amide bonds. The number of aliphatic hydroxyl groups excluding tert-OH is 1. The number of aromatic nitrogens is 3. The Morgan fingerprint density at radius 3 is 2.76 bits per heavy atom. The van der Waals surface area contributed by atoms with Crippen LogP contribution in [-0.4, -0.2) is 49.7 Å². The summed E-state index contributed by atoms with van der Waals surface area (Å²) in [4.78, 5) is 31.6. The molecule has 0 radical (unpaired) electrons. The molecule has 4 rings (SSSR count). The van der Waals surface area contributed by atoms with Gasteiger partial charge in [0.25, 0.3) is 5.56 Å². The van der Waals surface area contributed by atoms with Crippen LogP contribution in [0.4, 0.5) is 0 Å². The molecule has 0 bridgehead atoms. The average Bonchev–Trinajstić information content (AvgIpc) is 3.19. The number of ketones is 1. The molecule has 0 spiro atoms. The summed E-state index contributed by atoms with van der Waals surface area (Å²) in [7, 11) is 0. The number of aryl methyl sites for hydroxylation is 1. The van der Waals surface area contributed by atoms with Crippen LogP contribution < -0.4 is 10.3 Å². The minimum Gasteiger partial charge on any atom is -0.485 e. The van der Waals surface area contributed by atoms with Gasteiger partial charge in [0.15, 0.2) is 5.78 Å². The van der Waals surface area contributed by atoms with Gasteiger partial charge in [-0.15, -0.1) is 0 Å². The molecular weight excluding hydrogens is 444 g/mol. The first-order valence-corrected chi connectivity index (χ1v) is 11.1. The fraction of sp³-hybridized carbons (Fsp3) is 0.333. The molecule has 172 valence electrons. The number of carbonyl (C=O) groups is 1. The number of halogens is 1. The fourth-order valence-corrected chi connectivity index (χ4v) is 3.95. The van der Waals surface area contributed by atoms with Crippen molar-refractivity contribution in [1.29, 1.82) is 0 Å². The largest absolute Gasteiger partial charge is 0.485 e. The molecule has 1 fully saturated rings. The van der Waals surface area contributed by atoms with E-state index in [1.165, 1.54) is 18.5 Å². The number of hydrogen-bond acceptors (Lipinski definition) is 7. The van der Waals surface area contributed by atoms with Crippen LogP contribution in [0.1, 0.15) is 33.6 Å². The molecule has 3 aromatic rings. The van der Waals surface area contributed by atoms with E-state index in [1.54, 1.807) is 18.2 Å². The lowest BCUT2D eigenvalue weighted by molar-refractivity contribution is 0.0964. The number of ether oxygens (including phenoxy) is 1. The lowest BCUT2D eigenvalue weighted by Crippen LogP contribution is -2.26. The van der Waals surface area contributed by atoms with Gasteiger partial charge in [0.05, 0.1) is 23.0 Å². The summed E-state index contributed by atoms with van der Waals surface area (Å²) in [6, 6.07) is 10.4. The molecule has 1 atom stereocenters. The van der Waals surface area contributed by atoms with Crippen LogP contribution in [0.2, 0.25) is 5.02 Å². The van der Waals surface area contributed by atoms with E-state index in [4.69, 9.17) is 16.3 Å². The van der Waals surface area contributed by atoms with Crippen LogP contribution in [0, 0.1) is 6.92 Å². The van der Waals surface area contributed by atoms with E-state index >= 15 is 0 Å². The topological polar surface area (TPSA) is 97.6 Å². The van der Waals surface area contributed by atoms with E-state index < -0.39 is 5.56 Å². The van der Waals surface area contributed by atoms with Gasteiger partial charge in [-0.2, -0.15) is 5.10 Å². The maximum Gasteiger partial charge on any atom is 0.270 e. The zero-order valence-corrected chi connectivity index (χ0v) is 19.0. The number of hydrogen-bond donors (Lipinski definition) is 1. The van der Waals surface area contributed by atoms with Crippen molar-refractivity contribution >= 4 is 17.4 Å². The monoisotopic (exact) mass is 468 g/mol. The number of rotatable bonds is 8. The Labute approximate surface area is 196 Å². The van der Waals surface area contributed by atoms with Crippen LogP contribution in [0.15, 0.2) is 53.6 Å². The summed E-state index contributed by atoms with van der Waals surface area (Å²) < 4.78 is 6.68. The molecule has 1 N–H and O–H groups in total. The second-order valence-corrected chi connectivity index (χ2v) is 8.63. The van der Waals surface area contributed by atoms with Gasteiger partial charge in [0.2, 0.25) is 0 Å². The third-order valence-corrected chi connectivity index (χ3v) is 5.78. The van der Waals surface area contributed by atoms with Gasteiger partial charge in [-0.1, -0.05) is 29.8 Å². The first-order valence-electron chi connectivity index (χ1n) is 10.7. The lowest BCUT2D eigenvalue weighted by Gasteiger charge is -2.16. The molecular formula is C24H25ClN4O4. The summed E-state index contributed by atoms with van der Waals surface area (Å²) in [5, 5.41) is 14.3. The van der Waals surface area contributed by atoms with Crippen LogP contribution in [0.5, 0.6) is 5.75 Å². The maximum atomic E-state index is 12.8. The molecule has 0 saturated carbocycles. The SMILES string of the molecule is Cc1cc(CN2CC[C@H](O)C2)ccc1C(=O)Cn1ncc(OCc2ccc(Cl)cn2)cc1=O. The standard InChI is InChI=1S/C24H25ClN4O4/c1-16-8-17(12-28-7-6-20(30)13-28)2-5-22(16)23(31)14-29-24(32)9-21(11-27-29)33-15-19-4-3-18(25)10-26-19/h2-5,8-11,20,30H,6-7,12-15H2,1H3/t20-/m0/s1. The molecule has 2 aromatic heterocycles. The van der Waals surface area contributed by atoms with Crippen molar-refractivity contribution in [2.45, 2.75) is 39.1 Å². The van der Waals surface area contributed by atoms with Crippen LogP contribution in [-0.2, 0) is 19.7 Å². The normalized spacial score (nSPS) is 16.2. The first kappa shape index (κ1) is 23.1. The zero-order chi connectivity index (χ0) is 23.4. The first-order chi connectivity index (χ1) is 15.9. The molecule has 8 nitrogen and oxygen atoms in total. The van der Waals surface area contributed by atoms with E-state index in [-0.39, 0.29) is 25.0 Å². The number of carbonyl (C=O) groups excluding carboxylic acids is 1. The number of nitrogens with zero attached hydrogens (tertiary/aromatic N) is 4. The zero-order valence-electron chi connectivity index (χ0n) is 18.3. The molecule has 1 saturated heterocycles. The molecule has 1 aromatic carbocycles. The van der Waals surface area contributed by atoms with Gasteiger partial charge in [-0.25, -0.2) is 4.68 Å². The van der Waals surface area contributed by atoms with Crippen molar-refractivity contribution in [2.24, 2.45) is 0 Å². The quantitative estimate of drug-likeness (QED) is 0.507. The Morgan fingerprint density at radius 1 is 1.24 bits per heavy atom. The fourth-order valence-electron chi connectivity index (χ4n) is 3.84. The van der Waals surface area contributed by atoms with Gasteiger partial charge in [0, 0.05) is 37.5 Å². The van der Waals surface area contributed by atoms with Gasteiger partial charge in [0.1, 0.15) is 18.9 Å². The summed E-state index contributed by atoms with van der Waals surface area (Å²) in [5.74, 6) is 0.109. The Morgan fingerprint density at radius 2 is 2.09 bits per heavy atom. The van der Waals surface area contributed by atoms with Crippen molar-refractivity contribution in [2.75, 3.05) is 13.1 Å². The summed E-state index contributed by atoms with van der Waals surface area (Å²) in [6.45, 7) is 4.17. The van der Waals surface area contributed by atoms with Crippen LogP contribution >= 0.6 is 11.6 Å². The highest BCUT2D eigenvalue weighted by molar-refractivity contribution is 6.30. The van der Waals surface area contributed by atoms with Crippen molar-refractivity contribution in [1.82, 2.24) is 19.7 Å². The van der Waals surface area contributed by atoms with Crippen molar-refractivity contribution < 1.29 is 14.6 Å². The van der Waals surface area contributed by atoms with Gasteiger partial charge >= 0.3 is 0 Å². The van der Waals surface area contributed by atoms with Crippen LogP contribution in [0.25, 0.3) is 0 Å². The van der Waals surface area contributed by atoms with Gasteiger partial charge in [-0.3, -0.25) is 19.5 Å². The van der Waals surface area contributed by atoms with E-state index in [9.17, 15) is 14.7 Å². The molecule has 9 heteroatoms. The lowest BCUT2D eigenvalue weighted by atomic mass is 10.0. The number of likely N-dealkylation sites (tertiary alicyclic amines) is 1. The third kappa shape index (κ3) is 6.04. The molecule has 1 aliphatic rings. The number of β-amino-alcohol motifs (C(OH)–C–C–N with tert-alkyl or cyclic N) is 1. The van der Waals surface area contributed by atoms with Gasteiger partial charge < -0.3 is 9.84 Å². The average molecular weight is 469 g/mol. The van der Waals surface area contributed by atoms with Crippen molar-refractivity contribution in [3.63, 3.8) is 0 Å². The smallest absolute Gasteiger partial charge is 0.270 e. The van der Waals surface area contributed by atoms with E-state index in [0.29, 0.717) is 28.6 Å². The Kier molecular flexibility index (Phi) is 7.17. The van der Waals surface area contributed by atoms with E-state index in [0.717, 1.165) is 35.3 Å². The van der Waals surface area contributed by atoms with Crippen molar-refractivity contribution in [3.8, 4) is 5.75 Å². The second-order valence-electron chi connectivity index (χ2n) is 8.19. The van der Waals surface area contributed by atoms with E-state index in [2.05, 4.69) is 15.0 Å². The summed E-state index contributed by atoms with van der Waals surface area (Å²) >= 11 is 5.81. The minimum absolute atomic E-state index is 0.156. The molecule has 3 heterocycles.